The third-order valence-corrected chi connectivity index (χ3v) is 5.05. The van der Waals surface area contributed by atoms with E-state index in [4.69, 9.17) is 11.6 Å². The molecule has 1 unspecified atom stereocenters. The summed E-state index contributed by atoms with van der Waals surface area (Å²) in [5.74, 6) is -0.732. The third-order valence-electron chi connectivity index (χ3n) is 3.06. The van der Waals surface area contributed by atoms with Crippen LogP contribution in [-0.2, 0) is 16.6 Å². The Balaban J connectivity index is 3.14. The van der Waals surface area contributed by atoms with Crippen LogP contribution in [-0.4, -0.2) is 20.5 Å². The van der Waals surface area contributed by atoms with Gasteiger partial charge in [-0.25, -0.2) is 17.5 Å². The van der Waals surface area contributed by atoms with E-state index in [0.717, 1.165) is 6.07 Å². The van der Waals surface area contributed by atoms with Crippen LogP contribution >= 0.6 is 11.6 Å². The lowest BCUT2D eigenvalue weighted by molar-refractivity contribution is 0.551. The molecule has 0 spiro atoms. The van der Waals surface area contributed by atoms with Gasteiger partial charge in [0.25, 0.3) is 0 Å². The molecule has 1 aromatic carbocycles. The first-order chi connectivity index (χ1) is 9.67. The molecule has 1 rings (SSSR count). The molecule has 0 bridgehead atoms. The third kappa shape index (κ3) is 5.21. The molecule has 7 heteroatoms. The number of hydrogen-bond acceptors (Lipinski definition) is 3. The van der Waals surface area contributed by atoms with Gasteiger partial charge in [-0.1, -0.05) is 32.4 Å². The highest BCUT2D eigenvalue weighted by atomic mass is 35.5. The van der Waals surface area contributed by atoms with Gasteiger partial charge in [-0.15, -0.1) is 0 Å². The van der Waals surface area contributed by atoms with Crippen molar-refractivity contribution in [2.45, 2.75) is 57.6 Å². The highest BCUT2D eigenvalue weighted by Gasteiger charge is 2.20. The quantitative estimate of drug-likeness (QED) is 0.804. The Morgan fingerprint density at radius 1 is 1.29 bits per heavy atom. The second-order valence-electron chi connectivity index (χ2n) is 5.34. The zero-order valence-electron chi connectivity index (χ0n) is 12.7. The highest BCUT2D eigenvalue weighted by molar-refractivity contribution is 7.89. The Labute approximate surface area is 131 Å². The van der Waals surface area contributed by atoms with Crippen LogP contribution < -0.4 is 10.0 Å². The Morgan fingerprint density at radius 2 is 1.90 bits per heavy atom. The summed E-state index contributed by atoms with van der Waals surface area (Å²) in [5, 5.41) is 3.04. The minimum atomic E-state index is -3.75. The van der Waals surface area contributed by atoms with Gasteiger partial charge in [-0.3, -0.25) is 0 Å². The highest BCUT2D eigenvalue weighted by Crippen LogP contribution is 2.24. The zero-order chi connectivity index (χ0) is 16.2. The molecule has 4 nitrogen and oxygen atoms in total. The summed E-state index contributed by atoms with van der Waals surface area (Å²) in [7, 11) is -3.75. The summed E-state index contributed by atoms with van der Waals surface area (Å²) in [4.78, 5) is -0.106. The number of hydrogen-bond donors (Lipinski definition) is 2. The lowest BCUT2D eigenvalue weighted by Gasteiger charge is -2.15. The Morgan fingerprint density at radius 3 is 2.43 bits per heavy atom. The topological polar surface area (TPSA) is 58.2 Å². The van der Waals surface area contributed by atoms with E-state index in [1.54, 1.807) is 6.92 Å². The predicted octanol–water partition coefficient (Wildman–Crippen LogP) is 3.05. The van der Waals surface area contributed by atoms with Crippen molar-refractivity contribution < 1.29 is 12.8 Å². The number of nitrogens with one attached hydrogen (secondary N) is 2. The van der Waals surface area contributed by atoms with Crippen molar-refractivity contribution >= 4 is 21.6 Å². The fourth-order valence-electron chi connectivity index (χ4n) is 1.63. The minimum Gasteiger partial charge on any atom is -0.310 e. The lowest BCUT2D eigenvalue weighted by Crippen LogP contribution is -2.32. The Kier molecular flexibility index (Phi) is 6.59. The molecule has 21 heavy (non-hydrogen) atoms. The second-order valence-corrected chi connectivity index (χ2v) is 7.44. The summed E-state index contributed by atoms with van der Waals surface area (Å²) in [6, 6.07) is 2.32. The van der Waals surface area contributed by atoms with E-state index in [-0.39, 0.29) is 22.0 Å². The predicted molar refractivity (Wildman–Crippen MR) is 83.5 cm³/mol. The second kappa shape index (κ2) is 7.54. The van der Waals surface area contributed by atoms with Crippen LogP contribution in [0.15, 0.2) is 17.0 Å². The molecule has 0 amide bonds. The number of sulfonamides is 1. The largest absolute Gasteiger partial charge is 0.310 e. The molecule has 2 N–H and O–H groups in total. The molecule has 120 valence electrons. The van der Waals surface area contributed by atoms with Crippen molar-refractivity contribution in [3.63, 3.8) is 0 Å². The van der Waals surface area contributed by atoms with Gasteiger partial charge in [-0.2, -0.15) is 0 Å². The van der Waals surface area contributed by atoms with E-state index in [1.807, 2.05) is 20.8 Å². The average Bonchev–Trinajstić information content (AvgIpc) is 2.39. The van der Waals surface area contributed by atoms with Crippen LogP contribution in [0.5, 0.6) is 0 Å². The van der Waals surface area contributed by atoms with Crippen molar-refractivity contribution in [1.29, 1.82) is 0 Å². The fourth-order valence-corrected chi connectivity index (χ4v) is 3.20. The summed E-state index contributed by atoms with van der Waals surface area (Å²) in [6.07, 6.45) is 0.650. The Bertz CT molecular complexity index is 591. The zero-order valence-corrected chi connectivity index (χ0v) is 14.3. The van der Waals surface area contributed by atoms with Crippen molar-refractivity contribution in [2.75, 3.05) is 0 Å². The molecular weight excluding hydrogens is 315 g/mol. The summed E-state index contributed by atoms with van der Waals surface area (Å²) >= 11 is 5.90. The molecule has 0 aliphatic heterocycles. The normalized spacial score (nSPS) is 13.7. The van der Waals surface area contributed by atoms with Crippen LogP contribution in [0.3, 0.4) is 0 Å². The van der Waals surface area contributed by atoms with Gasteiger partial charge in [0, 0.05) is 18.6 Å². The van der Waals surface area contributed by atoms with E-state index in [9.17, 15) is 12.8 Å². The molecule has 0 fully saturated rings. The standard InChI is InChI=1S/C14H22ClFN2O2S/c1-5-10(4)18-21(19,20)12-6-11(8-17-9(2)3)14(15)13(16)7-12/h6-7,9-10,17-18H,5,8H2,1-4H3. The first-order valence-electron chi connectivity index (χ1n) is 6.91. The Hall–Kier alpha value is -0.690. The van der Waals surface area contributed by atoms with Crippen LogP contribution in [0.1, 0.15) is 39.7 Å². The monoisotopic (exact) mass is 336 g/mol. The SMILES string of the molecule is CCC(C)NS(=O)(=O)c1cc(F)c(Cl)c(CNC(C)C)c1. The summed E-state index contributed by atoms with van der Waals surface area (Å²) in [5.41, 5.74) is 0.426. The summed E-state index contributed by atoms with van der Waals surface area (Å²) in [6.45, 7) is 7.81. The first-order valence-corrected chi connectivity index (χ1v) is 8.77. The van der Waals surface area contributed by atoms with Gasteiger partial charge in [0.1, 0.15) is 5.82 Å². The fraction of sp³-hybridized carbons (Fsp3) is 0.571. The van der Waals surface area contributed by atoms with Crippen molar-refractivity contribution in [1.82, 2.24) is 10.0 Å². The van der Waals surface area contributed by atoms with Gasteiger partial charge >= 0.3 is 0 Å². The lowest BCUT2D eigenvalue weighted by atomic mass is 10.2. The number of benzene rings is 1. The number of halogens is 2. The molecule has 1 aromatic rings. The molecule has 0 radical (unpaired) electrons. The van der Waals surface area contributed by atoms with E-state index in [0.29, 0.717) is 18.5 Å². The molecule has 0 aliphatic carbocycles. The minimum absolute atomic E-state index is 0.0503. The van der Waals surface area contributed by atoms with E-state index >= 15 is 0 Å². The first kappa shape index (κ1) is 18.4. The van der Waals surface area contributed by atoms with Gasteiger partial charge in [0.05, 0.1) is 9.92 Å². The van der Waals surface area contributed by atoms with Crippen LogP contribution in [0, 0.1) is 5.82 Å². The molecule has 0 heterocycles. The van der Waals surface area contributed by atoms with Crippen LogP contribution in [0.4, 0.5) is 4.39 Å². The maximum atomic E-state index is 13.9. The van der Waals surface area contributed by atoms with E-state index in [2.05, 4.69) is 10.0 Å². The number of rotatable bonds is 7. The maximum absolute atomic E-state index is 13.9. The summed E-state index contributed by atoms with van der Waals surface area (Å²) < 4.78 is 40.8. The van der Waals surface area contributed by atoms with Crippen LogP contribution in [0.2, 0.25) is 5.02 Å². The van der Waals surface area contributed by atoms with Gasteiger partial charge in [0.2, 0.25) is 10.0 Å². The molecule has 0 aliphatic rings. The average molecular weight is 337 g/mol. The van der Waals surface area contributed by atoms with Gasteiger partial charge in [-0.05, 0) is 31.0 Å². The van der Waals surface area contributed by atoms with Crippen molar-refractivity contribution in [2.24, 2.45) is 0 Å². The van der Waals surface area contributed by atoms with E-state index in [1.165, 1.54) is 6.07 Å². The molecular formula is C14H22ClFN2O2S. The van der Waals surface area contributed by atoms with Crippen LogP contribution in [0.25, 0.3) is 0 Å². The van der Waals surface area contributed by atoms with Gasteiger partial charge in [0.15, 0.2) is 0 Å². The van der Waals surface area contributed by atoms with Gasteiger partial charge < -0.3 is 5.32 Å². The van der Waals surface area contributed by atoms with Crippen molar-refractivity contribution in [3.8, 4) is 0 Å². The smallest absolute Gasteiger partial charge is 0.240 e. The molecule has 0 aromatic heterocycles. The molecule has 1 atom stereocenters. The molecule has 0 saturated carbocycles. The molecule has 0 saturated heterocycles. The van der Waals surface area contributed by atoms with Crippen molar-refractivity contribution in [3.05, 3.63) is 28.5 Å². The van der Waals surface area contributed by atoms with E-state index < -0.39 is 15.8 Å². The maximum Gasteiger partial charge on any atom is 0.240 e.